The highest BCUT2D eigenvalue weighted by Gasteiger charge is 2.49. The van der Waals surface area contributed by atoms with Gasteiger partial charge in [-0.3, -0.25) is 4.79 Å². The molecular formula is C19H33NO5. The molecule has 144 valence electrons. The van der Waals surface area contributed by atoms with Crippen LogP contribution in [0, 0.1) is 17.3 Å². The van der Waals surface area contributed by atoms with Crippen molar-refractivity contribution >= 4 is 5.97 Å². The molecule has 2 atom stereocenters. The Hall–Kier alpha value is -1.27. The number of hydroxylamine groups is 2. The van der Waals surface area contributed by atoms with Crippen molar-refractivity contribution in [3.63, 3.8) is 0 Å². The van der Waals surface area contributed by atoms with Crippen molar-refractivity contribution in [3.8, 4) is 0 Å². The van der Waals surface area contributed by atoms with Crippen LogP contribution in [0.3, 0.4) is 0 Å². The van der Waals surface area contributed by atoms with Crippen LogP contribution in [0.4, 0.5) is 0 Å². The molecule has 0 aromatic heterocycles. The second-order valence-electron chi connectivity index (χ2n) is 9.06. The maximum atomic E-state index is 12.8. The molecule has 0 radical (unpaired) electrons. The molecule has 2 rings (SSSR count). The maximum Gasteiger partial charge on any atom is 0.326 e. The molecule has 2 aliphatic rings. The van der Waals surface area contributed by atoms with E-state index >= 15 is 0 Å². The minimum absolute atomic E-state index is 0.0124. The molecule has 6 nitrogen and oxygen atoms in total. The molecule has 2 heterocycles. The van der Waals surface area contributed by atoms with Gasteiger partial charge in [-0.1, -0.05) is 27.7 Å². The van der Waals surface area contributed by atoms with Crippen LogP contribution in [0.15, 0.2) is 11.5 Å². The van der Waals surface area contributed by atoms with E-state index in [9.17, 15) is 4.79 Å². The van der Waals surface area contributed by atoms with E-state index in [0.717, 1.165) is 5.57 Å². The lowest BCUT2D eigenvalue weighted by molar-refractivity contribution is -0.190. The third kappa shape index (κ3) is 4.67. The van der Waals surface area contributed by atoms with Crippen molar-refractivity contribution in [3.05, 3.63) is 11.5 Å². The summed E-state index contributed by atoms with van der Waals surface area (Å²) in [5.74, 6) is 0.402. The molecule has 0 amide bonds. The number of hydrogen-bond donors (Lipinski definition) is 0. The lowest BCUT2D eigenvalue weighted by Crippen LogP contribution is -2.44. The minimum atomic E-state index is -0.546. The maximum absolute atomic E-state index is 12.8. The minimum Gasteiger partial charge on any atom is -0.465 e. The first-order valence-electron chi connectivity index (χ1n) is 8.97. The fourth-order valence-corrected chi connectivity index (χ4v) is 3.30. The summed E-state index contributed by atoms with van der Waals surface area (Å²) in [6, 6.07) is -0.506. The average molecular weight is 355 g/mol. The smallest absolute Gasteiger partial charge is 0.326 e. The third-order valence-electron chi connectivity index (χ3n) is 4.43. The highest BCUT2D eigenvalue weighted by Crippen LogP contribution is 2.40. The van der Waals surface area contributed by atoms with E-state index in [2.05, 4.69) is 27.7 Å². The van der Waals surface area contributed by atoms with Crippen LogP contribution in [-0.2, 0) is 23.8 Å². The van der Waals surface area contributed by atoms with Gasteiger partial charge in [0, 0.05) is 16.9 Å². The predicted molar refractivity (Wildman–Crippen MR) is 94.4 cm³/mol. The Balaban J connectivity index is 2.32. The van der Waals surface area contributed by atoms with E-state index in [1.165, 1.54) is 0 Å². The largest absolute Gasteiger partial charge is 0.465 e. The Morgan fingerprint density at radius 3 is 2.24 bits per heavy atom. The number of carbonyl (C=O) groups excluding carboxylic acids is 1. The summed E-state index contributed by atoms with van der Waals surface area (Å²) in [4.78, 5) is 18.3. The predicted octanol–water partition coefficient (Wildman–Crippen LogP) is 3.13. The molecule has 2 saturated heterocycles. The molecular weight excluding hydrogens is 322 g/mol. The normalized spacial score (nSPS) is 27.2. The van der Waals surface area contributed by atoms with Crippen LogP contribution < -0.4 is 0 Å². The third-order valence-corrected chi connectivity index (χ3v) is 4.43. The van der Waals surface area contributed by atoms with Crippen LogP contribution in [-0.4, -0.2) is 49.5 Å². The van der Waals surface area contributed by atoms with E-state index in [0.29, 0.717) is 25.7 Å². The van der Waals surface area contributed by atoms with Gasteiger partial charge in [0.1, 0.15) is 11.6 Å². The molecule has 6 heteroatoms. The van der Waals surface area contributed by atoms with Crippen molar-refractivity contribution in [2.45, 2.75) is 60.1 Å². The standard InChI is InChI=1S/C19H33NO5/c1-12(2)14-13(17-23-10-19(6,7)11-24-17)9-20(22-8)15(14)16(21)25-18(3,4)5/h12,14-15H,9-11H2,1-8H3/t14-,15-/m1/s1. The first kappa shape index (κ1) is 20.0. The molecule has 0 spiro atoms. The Labute approximate surface area is 151 Å². The van der Waals surface area contributed by atoms with Crippen molar-refractivity contribution < 1.29 is 23.8 Å². The van der Waals surface area contributed by atoms with Gasteiger partial charge in [-0.25, -0.2) is 0 Å². The molecule has 0 unspecified atom stereocenters. The quantitative estimate of drug-likeness (QED) is 0.725. The summed E-state index contributed by atoms with van der Waals surface area (Å²) >= 11 is 0. The van der Waals surface area contributed by atoms with Gasteiger partial charge in [-0.05, 0) is 26.7 Å². The number of nitrogens with zero attached hydrogens (tertiary/aromatic N) is 1. The average Bonchev–Trinajstić information content (AvgIpc) is 2.85. The molecule has 0 bridgehead atoms. The zero-order valence-corrected chi connectivity index (χ0v) is 16.8. The first-order valence-corrected chi connectivity index (χ1v) is 8.97. The Bertz CT molecular complexity index is 520. The Morgan fingerprint density at radius 2 is 1.80 bits per heavy atom. The van der Waals surface area contributed by atoms with E-state index in [4.69, 9.17) is 19.0 Å². The summed E-state index contributed by atoms with van der Waals surface area (Å²) < 4.78 is 17.4. The second kappa shape index (κ2) is 7.16. The van der Waals surface area contributed by atoms with Crippen LogP contribution in [0.2, 0.25) is 0 Å². The lowest BCUT2D eigenvalue weighted by Gasteiger charge is -2.33. The fourth-order valence-electron chi connectivity index (χ4n) is 3.30. The van der Waals surface area contributed by atoms with E-state index in [1.807, 2.05) is 20.8 Å². The summed E-state index contributed by atoms with van der Waals surface area (Å²) in [5, 5.41) is 1.67. The number of ether oxygens (including phenoxy) is 3. The van der Waals surface area contributed by atoms with Crippen LogP contribution in [0.1, 0.15) is 48.5 Å². The van der Waals surface area contributed by atoms with Crippen LogP contribution in [0.25, 0.3) is 0 Å². The molecule has 0 aromatic carbocycles. The van der Waals surface area contributed by atoms with Gasteiger partial charge in [-0.15, -0.1) is 0 Å². The van der Waals surface area contributed by atoms with Crippen LogP contribution >= 0.6 is 0 Å². The lowest BCUT2D eigenvalue weighted by atomic mass is 9.85. The topological polar surface area (TPSA) is 57.2 Å². The van der Waals surface area contributed by atoms with Crippen LogP contribution in [0.5, 0.6) is 0 Å². The summed E-state index contributed by atoms with van der Waals surface area (Å²) in [6.07, 6.45) is 0. The SMILES string of the molecule is CON1CC(=C2OCC(C)(C)CO2)[C@@H](C(C)C)[C@@H]1C(=O)OC(C)(C)C. The van der Waals surface area contributed by atoms with Crippen molar-refractivity contribution in [2.24, 2.45) is 17.3 Å². The van der Waals surface area contributed by atoms with Gasteiger partial charge >= 0.3 is 5.97 Å². The highest BCUT2D eigenvalue weighted by atomic mass is 16.7. The summed E-state index contributed by atoms with van der Waals surface area (Å²) in [6.45, 7) is 15.7. The van der Waals surface area contributed by atoms with Gasteiger partial charge in [0.25, 0.3) is 5.95 Å². The highest BCUT2D eigenvalue weighted by molar-refractivity contribution is 5.78. The first-order chi connectivity index (χ1) is 11.4. The number of esters is 1. The van der Waals surface area contributed by atoms with Gasteiger partial charge < -0.3 is 19.0 Å². The monoisotopic (exact) mass is 355 g/mol. The zero-order valence-electron chi connectivity index (χ0n) is 16.8. The molecule has 25 heavy (non-hydrogen) atoms. The number of carbonyl (C=O) groups is 1. The molecule has 2 fully saturated rings. The van der Waals surface area contributed by atoms with E-state index in [-0.39, 0.29) is 23.2 Å². The van der Waals surface area contributed by atoms with Crippen molar-refractivity contribution in [1.29, 1.82) is 0 Å². The van der Waals surface area contributed by atoms with E-state index in [1.54, 1.807) is 12.2 Å². The van der Waals surface area contributed by atoms with Gasteiger partial charge in [0.15, 0.2) is 0 Å². The second-order valence-corrected chi connectivity index (χ2v) is 9.06. The summed E-state index contributed by atoms with van der Waals surface area (Å²) in [5.41, 5.74) is 0.417. The zero-order chi connectivity index (χ0) is 19.0. The molecule has 0 saturated carbocycles. The molecule has 0 aromatic rings. The molecule has 0 aliphatic carbocycles. The molecule has 0 N–H and O–H groups in total. The Morgan fingerprint density at radius 1 is 1.24 bits per heavy atom. The number of hydrogen-bond acceptors (Lipinski definition) is 6. The summed E-state index contributed by atoms with van der Waals surface area (Å²) in [7, 11) is 1.58. The van der Waals surface area contributed by atoms with Gasteiger partial charge in [0.05, 0.1) is 26.9 Å². The van der Waals surface area contributed by atoms with Gasteiger partial charge in [-0.2, -0.15) is 5.06 Å². The fraction of sp³-hybridized carbons (Fsp3) is 0.842. The Kier molecular flexibility index (Phi) is 5.74. The van der Waals surface area contributed by atoms with E-state index < -0.39 is 11.6 Å². The van der Waals surface area contributed by atoms with Crippen molar-refractivity contribution in [1.82, 2.24) is 5.06 Å². The van der Waals surface area contributed by atoms with Gasteiger partial charge in [0.2, 0.25) is 0 Å². The van der Waals surface area contributed by atoms with Crippen molar-refractivity contribution in [2.75, 3.05) is 26.9 Å². The molecule has 2 aliphatic heterocycles. The number of rotatable bonds is 3.